The lowest BCUT2D eigenvalue weighted by Crippen LogP contribution is -2.49. The molecule has 204 valence electrons. The van der Waals surface area contributed by atoms with Gasteiger partial charge in [-0.25, -0.2) is 21.2 Å². The van der Waals surface area contributed by atoms with Crippen LogP contribution >= 0.6 is 11.6 Å². The summed E-state index contributed by atoms with van der Waals surface area (Å²) in [4.78, 5) is 13.0. The SMILES string of the molecule is CC(C)(CCCOc1ccc(Cl)cc1F)C(=O)NC1CCN(S(=O)(=O)c2ccc(S(C)(=O)=O)cc2)CC1. The Morgan fingerprint density at radius 3 is 2.24 bits per heavy atom. The number of sulfone groups is 1. The van der Waals surface area contributed by atoms with E-state index >= 15 is 0 Å². The zero-order chi connectivity index (χ0) is 27.4. The second kappa shape index (κ2) is 11.7. The van der Waals surface area contributed by atoms with Gasteiger partial charge in [-0.3, -0.25) is 4.79 Å². The molecule has 12 heteroatoms. The molecular formula is C25H32ClFN2O6S2. The number of sulfonamides is 1. The van der Waals surface area contributed by atoms with Gasteiger partial charge in [0.25, 0.3) is 0 Å². The smallest absolute Gasteiger partial charge is 0.243 e. The van der Waals surface area contributed by atoms with E-state index in [1.807, 2.05) is 13.8 Å². The van der Waals surface area contributed by atoms with Gasteiger partial charge in [0.2, 0.25) is 15.9 Å². The van der Waals surface area contributed by atoms with Crippen LogP contribution in [0.3, 0.4) is 0 Å². The molecule has 8 nitrogen and oxygen atoms in total. The second-order valence-electron chi connectivity index (χ2n) is 9.81. The van der Waals surface area contributed by atoms with Gasteiger partial charge < -0.3 is 10.1 Å². The Morgan fingerprint density at radius 2 is 1.68 bits per heavy atom. The van der Waals surface area contributed by atoms with Crippen LogP contribution in [0.5, 0.6) is 5.75 Å². The molecule has 1 aliphatic heterocycles. The number of hydrogen-bond acceptors (Lipinski definition) is 6. The van der Waals surface area contributed by atoms with Crippen molar-refractivity contribution >= 4 is 37.4 Å². The number of benzene rings is 2. The molecule has 1 saturated heterocycles. The van der Waals surface area contributed by atoms with E-state index < -0.39 is 31.1 Å². The van der Waals surface area contributed by atoms with Crippen molar-refractivity contribution < 1.29 is 30.8 Å². The average Bonchev–Trinajstić information content (AvgIpc) is 2.83. The fraction of sp³-hybridized carbons (Fsp3) is 0.480. The van der Waals surface area contributed by atoms with Crippen LogP contribution in [0.15, 0.2) is 52.3 Å². The second-order valence-corrected chi connectivity index (χ2v) is 14.2. The summed E-state index contributed by atoms with van der Waals surface area (Å²) < 4.78 is 69.8. The third kappa shape index (κ3) is 7.66. The maximum atomic E-state index is 13.8. The molecule has 0 radical (unpaired) electrons. The van der Waals surface area contributed by atoms with E-state index in [4.69, 9.17) is 16.3 Å². The predicted molar refractivity (Wildman–Crippen MR) is 139 cm³/mol. The minimum Gasteiger partial charge on any atom is -0.491 e. The molecule has 1 heterocycles. The highest BCUT2D eigenvalue weighted by Gasteiger charge is 2.33. The van der Waals surface area contributed by atoms with Gasteiger partial charge in [-0.05, 0) is 68.1 Å². The van der Waals surface area contributed by atoms with Crippen molar-refractivity contribution in [1.82, 2.24) is 9.62 Å². The molecule has 0 bridgehead atoms. The molecule has 1 N–H and O–H groups in total. The minimum atomic E-state index is -3.77. The van der Waals surface area contributed by atoms with E-state index in [0.29, 0.717) is 25.7 Å². The number of halogens is 2. The average molecular weight is 575 g/mol. The monoisotopic (exact) mass is 574 g/mol. The lowest BCUT2D eigenvalue weighted by Gasteiger charge is -2.33. The zero-order valence-electron chi connectivity index (χ0n) is 21.0. The Hall–Kier alpha value is -2.21. The van der Waals surface area contributed by atoms with Crippen LogP contribution in [-0.2, 0) is 24.7 Å². The first-order valence-electron chi connectivity index (χ1n) is 11.9. The Kier molecular flexibility index (Phi) is 9.26. The van der Waals surface area contributed by atoms with Gasteiger partial charge in [-0.2, -0.15) is 4.31 Å². The summed E-state index contributed by atoms with van der Waals surface area (Å²) >= 11 is 5.74. The van der Waals surface area contributed by atoms with E-state index in [2.05, 4.69) is 5.32 Å². The zero-order valence-corrected chi connectivity index (χ0v) is 23.4. The predicted octanol–water partition coefficient (Wildman–Crippen LogP) is 4.04. The molecular weight excluding hydrogens is 543 g/mol. The molecule has 0 atom stereocenters. The molecule has 37 heavy (non-hydrogen) atoms. The van der Waals surface area contributed by atoms with Crippen molar-refractivity contribution in [2.24, 2.45) is 5.41 Å². The van der Waals surface area contributed by atoms with Gasteiger partial charge in [0.1, 0.15) is 0 Å². The minimum absolute atomic E-state index is 0.0317. The van der Waals surface area contributed by atoms with Crippen LogP contribution in [0.4, 0.5) is 4.39 Å². The first kappa shape index (κ1) is 29.3. The molecule has 3 rings (SSSR count). The van der Waals surface area contributed by atoms with Crippen molar-refractivity contribution in [3.8, 4) is 5.75 Å². The fourth-order valence-electron chi connectivity index (χ4n) is 4.03. The molecule has 1 aliphatic rings. The van der Waals surface area contributed by atoms with Crippen molar-refractivity contribution in [1.29, 1.82) is 0 Å². The van der Waals surface area contributed by atoms with Crippen molar-refractivity contribution in [2.45, 2.75) is 55.4 Å². The van der Waals surface area contributed by atoms with Crippen molar-refractivity contribution in [2.75, 3.05) is 26.0 Å². The van der Waals surface area contributed by atoms with Gasteiger partial charge in [0.05, 0.1) is 16.4 Å². The molecule has 2 aromatic carbocycles. The number of piperidine rings is 1. The summed E-state index contributed by atoms with van der Waals surface area (Å²) in [6.07, 6.45) is 3.04. The van der Waals surface area contributed by atoms with Crippen molar-refractivity contribution in [3.05, 3.63) is 53.3 Å². The van der Waals surface area contributed by atoms with E-state index in [9.17, 15) is 26.0 Å². The number of carbonyl (C=O) groups excluding carboxylic acids is 1. The Morgan fingerprint density at radius 1 is 1.08 bits per heavy atom. The summed E-state index contributed by atoms with van der Waals surface area (Å²) in [5.74, 6) is -0.564. The van der Waals surface area contributed by atoms with E-state index in [1.54, 1.807) is 6.07 Å². The molecule has 1 fully saturated rings. The summed E-state index contributed by atoms with van der Waals surface area (Å²) in [6, 6.07) is 9.20. The van der Waals surface area contributed by atoms with Crippen LogP contribution in [0.25, 0.3) is 0 Å². The fourth-order valence-corrected chi connectivity index (χ4v) is 6.29. The van der Waals surface area contributed by atoms with E-state index in [-0.39, 0.29) is 52.2 Å². The number of ether oxygens (including phenoxy) is 1. The maximum Gasteiger partial charge on any atom is 0.243 e. The van der Waals surface area contributed by atoms with Crippen LogP contribution in [0, 0.1) is 11.2 Å². The number of hydrogen-bond donors (Lipinski definition) is 1. The van der Waals surface area contributed by atoms with E-state index in [0.717, 1.165) is 6.26 Å². The quantitative estimate of drug-likeness (QED) is 0.429. The number of nitrogens with one attached hydrogen (secondary N) is 1. The Balaban J connectivity index is 1.47. The molecule has 0 spiro atoms. The largest absolute Gasteiger partial charge is 0.491 e. The normalized spacial score (nSPS) is 15.9. The molecule has 0 aromatic heterocycles. The topological polar surface area (TPSA) is 110 Å². The lowest BCUT2D eigenvalue weighted by molar-refractivity contribution is -0.130. The summed E-state index contributed by atoms with van der Waals surface area (Å²) in [7, 11) is -7.19. The van der Waals surface area contributed by atoms with Gasteiger partial charge in [-0.15, -0.1) is 0 Å². The molecule has 2 aromatic rings. The highest BCUT2D eigenvalue weighted by Crippen LogP contribution is 2.27. The lowest BCUT2D eigenvalue weighted by atomic mass is 9.86. The number of nitrogens with zero attached hydrogens (tertiary/aromatic N) is 1. The van der Waals surface area contributed by atoms with Gasteiger partial charge in [0, 0.05) is 35.8 Å². The van der Waals surface area contributed by atoms with Gasteiger partial charge in [0.15, 0.2) is 21.4 Å². The third-order valence-corrected chi connectivity index (χ3v) is 9.67. The summed E-state index contributed by atoms with van der Waals surface area (Å²) in [5, 5.41) is 3.31. The maximum absolute atomic E-state index is 13.8. The molecule has 0 saturated carbocycles. The van der Waals surface area contributed by atoms with Crippen molar-refractivity contribution in [3.63, 3.8) is 0 Å². The number of carbonyl (C=O) groups is 1. The van der Waals surface area contributed by atoms with Gasteiger partial charge in [-0.1, -0.05) is 25.4 Å². The van der Waals surface area contributed by atoms with Crippen LogP contribution in [0.1, 0.15) is 39.5 Å². The van der Waals surface area contributed by atoms with Crippen LogP contribution < -0.4 is 10.1 Å². The molecule has 0 aliphatic carbocycles. The third-order valence-electron chi connectivity index (χ3n) is 6.39. The molecule has 0 unspecified atom stereocenters. The summed E-state index contributed by atoms with van der Waals surface area (Å²) in [5.41, 5.74) is -0.688. The standard InChI is InChI=1S/C25H32ClFN2O6S2/c1-25(2,13-4-16-35-23-10-5-18(26)17-22(23)27)24(30)28-19-11-14-29(15-12-19)37(33,34)21-8-6-20(7-9-21)36(3,31)32/h5-10,17,19H,4,11-16H2,1-3H3,(H,28,30). The first-order valence-corrected chi connectivity index (χ1v) is 15.6. The van der Waals surface area contributed by atoms with E-state index in [1.165, 1.54) is 40.7 Å². The number of rotatable bonds is 10. The first-order chi connectivity index (χ1) is 17.2. The highest BCUT2D eigenvalue weighted by atomic mass is 35.5. The Labute approximate surface area is 223 Å². The van der Waals surface area contributed by atoms with Crippen LogP contribution in [-0.4, -0.2) is 59.0 Å². The van der Waals surface area contributed by atoms with Gasteiger partial charge >= 0.3 is 0 Å². The van der Waals surface area contributed by atoms with Crippen LogP contribution in [0.2, 0.25) is 5.02 Å². The Bertz CT molecular complexity index is 1320. The summed E-state index contributed by atoms with van der Waals surface area (Å²) in [6.45, 7) is 4.37. The highest BCUT2D eigenvalue weighted by molar-refractivity contribution is 7.90. The molecule has 1 amide bonds. The number of amides is 1.